The van der Waals surface area contributed by atoms with Crippen LogP contribution in [0.2, 0.25) is 0 Å². The number of phenolic OH excluding ortho intramolecular Hbond substituents is 2. The molecular formula is C17H16N4O3S. The highest BCUT2D eigenvalue weighted by Crippen LogP contribution is 2.27. The number of ether oxygens (including phenoxy) is 1. The van der Waals surface area contributed by atoms with Crippen LogP contribution in [-0.2, 0) is 0 Å². The van der Waals surface area contributed by atoms with E-state index in [9.17, 15) is 10.2 Å². The predicted octanol–water partition coefficient (Wildman–Crippen LogP) is 3.30. The van der Waals surface area contributed by atoms with E-state index < -0.39 is 0 Å². The molecule has 3 aromatic rings. The summed E-state index contributed by atoms with van der Waals surface area (Å²) >= 11 is 5.21. The van der Waals surface area contributed by atoms with Crippen molar-refractivity contribution >= 4 is 18.4 Å². The second-order valence-electron chi connectivity index (χ2n) is 5.08. The zero-order chi connectivity index (χ0) is 17.8. The highest BCUT2D eigenvalue weighted by atomic mass is 32.1. The van der Waals surface area contributed by atoms with Crippen molar-refractivity contribution in [3.63, 3.8) is 0 Å². The maximum atomic E-state index is 9.85. The first-order valence-corrected chi connectivity index (χ1v) is 7.97. The van der Waals surface area contributed by atoms with Gasteiger partial charge >= 0.3 is 0 Å². The van der Waals surface area contributed by atoms with Crippen molar-refractivity contribution in [1.29, 1.82) is 0 Å². The molecule has 3 N–H and O–H groups in total. The minimum absolute atomic E-state index is 0.216. The molecule has 3 rings (SSSR count). The first-order valence-electron chi connectivity index (χ1n) is 7.56. The molecule has 0 spiro atoms. The molecular weight excluding hydrogens is 340 g/mol. The summed E-state index contributed by atoms with van der Waals surface area (Å²) in [5, 5.41) is 30.5. The van der Waals surface area contributed by atoms with Crippen LogP contribution in [0.3, 0.4) is 0 Å². The van der Waals surface area contributed by atoms with E-state index in [4.69, 9.17) is 17.0 Å². The Morgan fingerprint density at radius 3 is 2.72 bits per heavy atom. The summed E-state index contributed by atoms with van der Waals surface area (Å²) in [4.78, 5) is 0. The van der Waals surface area contributed by atoms with Crippen molar-refractivity contribution in [2.45, 2.75) is 6.92 Å². The summed E-state index contributed by atoms with van der Waals surface area (Å²) in [5.41, 5.74) is 1.16. The third kappa shape index (κ3) is 3.53. The lowest BCUT2D eigenvalue weighted by Gasteiger charge is -2.05. The second kappa shape index (κ2) is 7.18. The lowest BCUT2D eigenvalue weighted by atomic mass is 10.2. The van der Waals surface area contributed by atoms with Crippen molar-refractivity contribution in [2.75, 3.05) is 6.61 Å². The average molecular weight is 356 g/mol. The number of nitrogens with zero attached hydrogens (tertiary/aromatic N) is 3. The fraction of sp³-hybridized carbons (Fsp3) is 0.118. The maximum absolute atomic E-state index is 9.85. The summed E-state index contributed by atoms with van der Waals surface area (Å²) in [6.07, 6.45) is 1.40. The third-order valence-corrected chi connectivity index (χ3v) is 3.70. The maximum Gasteiger partial charge on any atom is 0.216 e. The van der Waals surface area contributed by atoms with Gasteiger partial charge < -0.3 is 14.9 Å². The highest BCUT2D eigenvalue weighted by Gasteiger charge is 2.09. The number of hydrogen-bond donors (Lipinski definition) is 3. The molecule has 0 saturated heterocycles. The number of aromatic nitrogens is 3. The number of nitrogens with one attached hydrogen (secondary N) is 1. The summed E-state index contributed by atoms with van der Waals surface area (Å²) in [6.45, 7) is 2.51. The monoisotopic (exact) mass is 356 g/mol. The molecule has 0 amide bonds. The number of aromatic hydroxyl groups is 2. The summed E-state index contributed by atoms with van der Waals surface area (Å²) in [5.74, 6) is 0.819. The molecule has 1 aromatic heterocycles. The number of hydrogen-bond acceptors (Lipinski definition) is 6. The number of benzene rings is 2. The smallest absolute Gasteiger partial charge is 0.216 e. The molecule has 0 bridgehead atoms. The van der Waals surface area contributed by atoms with Gasteiger partial charge in [-0.05, 0) is 55.5 Å². The van der Waals surface area contributed by atoms with E-state index >= 15 is 0 Å². The predicted molar refractivity (Wildman–Crippen MR) is 96.8 cm³/mol. The van der Waals surface area contributed by atoms with E-state index in [0.717, 1.165) is 11.3 Å². The lowest BCUT2D eigenvalue weighted by Crippen LogP contribution is -1.96. The van der Waals surface area contributed by atoms with Gasteiger partial charge in [-0.25, -0.2) is 5.10 Å². The van der Waals surface area contributed by atoms with Gasteiger partial charge in [-0.3, -0.25) is 0 Å². The Bertz CT molecular complexity index is 961. The number of H-pyrrole nitrogens is 1. The first-order chi connectivity index (χ1) is 12.1. The molecule has 0 aliphatic carbocycles. The Labute approximate surface area is 148 Å². The van der Waals surface area contributed by atoms with Crippen LogP contribution in [0.15, 0.2) is 47.6 Å². The summed E-state index contributed by atoms with van der Waals surface area (Å²) < 4.78 is 7.17. The van der Waals surface area contributed by atoms with Crippen LogP contribution in [-0.4, -0.2) is 37.9 Å². The van der Waals surface area contributed by atoms with Gasteiger partial charge in [0.25, 0.3) is 0 Å². The van der Waals surface area contributed by atoms with Gasteiger partial charge in [0, 0.05) is 11.1 Å². The zero-order valence-corrected chi connectivity index (χ0v) is 14.2. The van der Waals surface area contributed by atoms with Crippen LogP contribution >= 0.6 is 12.2 Å². The van der Waals surface area contributed by atoms with Crippen LogP contribution in [0.1, 0.15) is 12.5 Å². The van der Waals surface area contributed by atoms with Crippen LogP contribution in [0.25, 0.3) is 11.4 Å². The molecule has 128 valence electrons. The average Bonchev–Trinajstić information content (AvgIpc) is 2.98. The van der Waals surface area contributed by atoms with Crippen molar-refractivity contribution in [3.8, 4) is 28.6 Å². The molecule has 25 heavy (non-hydrogen) atoms. The van der Waals surface area contributed by atoms with Crippen LogP contribution in [0.4, 0.5) is 0 Å². The van der Waals surface area contributed by atoms with Crippen molar-refractivity contribution in [1.82, 2.24) is 14.9 Å². The Morgan fingerprint density at radius 1 is 1.24 bits per heavy atom. The number of rotatable bonds is 5. The Hall–Kier alpha value is -3.13. The topological polar surface area (TPSA) is 95.7 Å². The molecule has 0 fully saturated rings. The molecule has 0 atom stereocenters. The van der Waals surface area contributed by atoms with E-state index in [2.05, 4.69) is 15.3 Å². The Kier molecular flexibility index (Phi) is 4.80. The van der Waals surface area contributed by atoms with Gasteiger partial charge in [-0.15, -0.1) is 0 Å². The van der Waals surface area contributed by atoms with Crippen molar-refractivity contribution in [2.24, 2.45) is 5.10 Å². The van der Waals surface area contributed by atoms with Crippen LogP contribution in [0.5, 0.6) is 17.2 Å². The molecule has 0 saturated carbocycles. The van der Waals surface area contributed by atoms with Gasteiger partial charge in [0.05, 0.1) is 12.8 Å². The summed E-state index contributed by atoms with van der Waals surface area (Å²) in [7, 11) is 0. The number of para-hydroxylation sites is 1. The largest absolute Gasteiger partial charge is 0.504 e. The Balaban J connectivity index is 1.95. The van der Waals surface area contributed by atoms with Gasteiger partial charge in [0.15, 0.2) is 17.3 Å². The van der Waals surface area contributed by atoms with Crippen LogP contribution in [0, 0.1) is 4.77 Å². The van der Waals surface area contributed by atoms with Gasteiger partial charge in [-0.1, -0.05) is 6.07 Å². The molecule has 8 heteroatoms. The van der Waals surface area contributed by atoms with E-state index in [1.807, 2.05) is 31.2 Å². The van der Waals surface area contributed by atoms with Gasteiger partial charge in [0.2, 0.25) is 4.77 Å². The first kappa shape index (κ1) is 16.7. The Morgan fingerprint density at radius 2 is 2.00 bits per heavy atom. The van der Waals surface area contributed by atoms with E-state index in [1.54, 1.807) is 12.1 Å². The lowest BCUT2D eigenvalue weighted by molar-refractivity contribution is 0.340. The molecule has 2 aromatic carbocycles. The number of aromatic amines is 1. The van der Waals surface area contributed by atoms with Crippen molar-refractivity contribution < 1.29 is 14.9 Å². The standard InChI is InChI=1S/C17H16N4O3S/c1-2-24-13-8-6-11(7-9-13)16-19-20-17(25)21(16)18-10-12-4-3-5-14(22)15(12)23/h3-10,22-23H,2H2,1H3,(H,20,25)/b18-10+. The van der Waals surface area contributed by atoms with Crippen molar-refractivity contribution in [3.05, 3.63) is 52.8 Å². The zero-order valence-electron chi connectivity index (χ0n) is 13.4. The minimum Gasteiger partial charge on any atom is -0.504 e. The molecule has 0 aliphatic heterocycles. The van der Waals surface area contributed by atoms with Crippen LogP contribution < -0.4 is 4.74 Å². The molecule has 7 nitrogen and oxygen atoms in total. The molecule has 0 aliphatic rings. The van der Waals surface area contributed by atoms with E-state index in [1.165, 1.54) is 17.0 Å². The fourth-order valence-electron chi connectivity index (χ4n) is 2.23. The molecule has 1 heterocycles. The van der Waals surface area contributed by atoms with E-state index in [0.29, 0.717) is 22.8 Å². The molecule has 0 unspecified atom stereocenters. The quantitative estimate of drug-likeness (QED) is 0.370. The summed E-state index contributed by atoms with van der Waals surface area (Å²) in [6, 6.07) is 12.0. The van der Waals surface area contributed by atoms with E-state index in [-0.39, 0.29) is 11.5 Å². The fourth-order valence-corrected chi connectivity index (χ4v) is 2.40. The SMILES string of the molecule is CCOc1ccc(-c2n[nH]c(=S)n2/N=C/c2cccc(O)c2O)cc1. The molecule has 0 radical (unpaired) electrons. The van der Waals surface area contributed by atoms with Gasteiger partial charge in [0.1, 0.15) is 5.75 Å². The number of phenols is 2. The normalized spacial score (nSPS) is 11.1. The second-order valence-corrected chi connectivity index (χ2v) is 5.47. The highest BCUT2D eigenvalue weighted by molar-refractivity contribution is 7.71. The van der Waals surface area contributed by atoms with Gasteiger partial charge in [-0.2, -0.15) is 14.9 Å². The third-order valence-electron chi connectivity index (χ3n) is 3.43. The minimum atomic E-state index is -0.246.